The Bertz CT molecular complexity index is 1630. The number of amides is 1. The molecule has 2 fully saturated rings. The van der Waals surface area contributed by atoms with Crippen molar-refractivity contribution in [2.45, 2.75) is 90.5 Å². The molecular formula is C37H48N6O4. The van der Waals surface area contributed by atoms with E-state index in [0.717, 1.165) is 71.1 Å². The van der Waals surface area contributed by atoms with Crippen molar-refractivity contribution in [2.75, 3.05) is 20.1 Å². The van der Waals surface area contributed by atoms with Crippen molar-refractivity contribution in [1.29, 1.82) is 0 Å². The third-order valence-corrected chi connectivity index (χ3v) is 8.35. The predicted octanol–water partition coefficient (Wildman–Crippen LogP) is 7.93. The molecular weight excluding hydrogens is 592 g/mol. The molecule has 1 unspecified atom stereocenters. The van der Waals surface area contributed by atoms with E-state index in [1.165, 1.54) is 6.42 Å². The van der Waals surface area contributed by atoms with E-state index >= 15 is 0 Å². The fraction of sp³-hybridized carbons (Fsp3) is 0.459. The van der Waals surface area contributed by atoms with Gasteiger partial charge in [0.1, 0.15) is 22.9 Å². The summed E-state index contributed by atoms with van der Waals surface area (Å²) in [4.78, 5) is 42.8. The van der Waals surface area contributed by atoms with Crippen LogP contribution in [0.15, 0.2) is 60.9 Å². The zero-order chi connectivity index (χ0) is 33.8. The fourth-order valence-electron chi connectivity index (χ4n) is 5.98. The summed E-state index contributed by atoms with van der Waals surface area (Å²) in [5.41, 5.74) is 5.67. The lowest BCUT2D eigenvalue weighted by Gasteiger charge is -2.27. The van der Waals surface area contributed by atoms with Gasteiger partial charge in [0.05, 0.1) is 35.9 Å². The van der Waals surface area contributed by atoms with Crippen molar-refractivity contribution in [2.24, 2.45) is 0 Å². The number of nitrogens with zero attached hydrogens (tertiary/aromatic N) is 4. The van der Waals surface area contributed by atoms with Gasteiger partial charge in [-0.2, -0.15) is 0 Å². The van der Waals surface area contributed by atoms with E-state index in [9.17, 15) is 9.59 Å². The highest BCUT2D eigenvalue weighted by Crippen LogP contribution is 2.34. The molecule has 4 aromatic rings. The first-order valence-electron chi connectivity index (χ1n) is 16.4. The summed E-state index contributed by atoms with van der Waals surface area (Å²) < 4.78 is 10.2. The molecule has 2 aliphatic rings. The lowest BCUT2D eigenvalue weighted by molar-refractivity contribution is -0.138. The van der Waals surface area contributed by atoms with Crippen LogP contribution in [0.4, 0.5) is 4.79 Å². The lowest BCUT2D eigenvalue weighted by Crippen LogP contribution is -2.36. The van der Waals surface area contributed by atoms with Gasteiger partial charge >= 0.3 is 6.09 Å². The van der Waals surface area contributed by atoms with E-state index in [2.05, 4.69) is 85.2 Å². The standard InChI is InChI=1S/C32H38N6O2.C5H10O2/c1-32(2,3)40-31(39)38-18-6-8-28(38)30-34-20-26(36-30)24-15-11-22(12-16-24)21-9-13-23(14-10-21)25-19-33-29(35-25)27-7-5-17-37(27)4;1-5(2,3)7-4-6/h9-16,19-20,27-28H,5-8,17-18H2,1-4H3,(H,33,35)(H,34,36);4H,1-3H3/t27?,28-;/m0./s1. The van der Waals surface area contributed by atoms with Gasteiger partial charge in [0.25, 0.3) is 6.47 Å². The van der Waals surface area contributed by atoms with Gasteiger partial charge in [0, 0.05) is 6.54 Å². The Kier molecular flexibility index (Phi) is 10.2. The fourth-order valence-corrected chi connectivity index (χ4v) is 5.98. The van der Waals surface area contributed by atoms with E-state index in [-0.39, 0.29) is 17.7 Å². The summed E-state index contributed by atoms with van der Waals surface area (Å²) in [6.45, 7) is 13.4. The number of hydrogen-bond donors (Lipinski definition) is 2. The highest BCUT2D eigenvalue weighted by molar-refractivity contribution is 5.72. The molecule has 250 valence electrons. The first-order valence-corrected chi connectivity index (χ1v) is 16.4. The molecule has 2 aromatic carbocycles. The van der Waals surface area contributed by atoms with Crippen molar-refractivity contribution >= 4 is 12.6 Å². The van der Waals surface area contributed by atoms with Crippen LogP contribution in [0.1, 0.15) is 91.0 Å². The number of likely N-dealkylation sites (tertiary alicyclic amines) is 2. The van der Waals surface area contributed by atoms with Gasteiger partial charge in [-0.3, -0.25) is 14.6 Å². The van der Waals surface area contributed by atoms with Crippen LogP contribution in [0.2, 0.25) is 0 Å². The summed E-state index contributed by atoms with van der Waals surface area (Å²) >= 11 is 0. The van der Waals surface area contributed by atoms with Gasteiger partial charge in [-0.25, -0.2) is 14.8 Å². The summed E-state index contributed by atoms with van der Waals surface area (Å²) in [6.07, 6.45) is 7.71. The van der Waals surface area contributed by atoms with Crippen LogP contribution in [-0.2, 0) is 14.3 Å². The largest absolute Gasteiger partial charge is 0.462 e. The van der Waals surface area contributed by atoms with Crippen LogP contribution < -0.4 is 0 Å². The molecule has 2 saturated heterocycles. The maximum absolute atomic E-state index is 12.7. The maximum Gasteiger partial charge on any atom is 0.410 e. The SMILES string of the molecule is CC(C)(C)OC=O.CN1CCCC1c1ncc(-c2ccc(-c3ccc(-c4cnc([C@@H]5CCCN5C(=O)OC(C)(C)C)[nH]4)cc3)cc2)[nH]1. The van der Waals surface area contributed by atoms with Crippen LogP contribution in [0.5, 0.6) is 0 Å². The van der Waals surface area contributed by atoms with Crippen LogP contribution in [0, 0.1) is 0 Å². The van der Waals surface area contributed by atoms with Gasteiger partial charge in [-0.05, 0) is 103 Å². The number of carbonyl (C=O) groups is 2. The van der Waals surface area contributed by atoms with Crippen molar-refractivity contribution < 1.29 is 19.1 Å². The number of hydrogen-bond acceptors (Lipinski definition) is 7. The maximum atomic E-state index is 12.7. The van der Waals surface area contributed by atoms with Crippen molar-refractivity contribution in [3.63, 3.8) is 0 Å². The normalized spacial score (nSPS) is 18.5. The Morgan fingerprint density at radius 1 is 0.745 bits per heavy atom. The molecule has 2 atom stereocenters. The number of benzene rings is 2. The number of imidazole rings is 2. The zero-order valence-corrected chi connectivity index (χ0v) is 28.7. The quantitative estimate of drug-likeness (QED) is 0.206. The zero-order valence-electron chi connectivity index (χ0n) is 28.7. The molecule has 2 N–H and O–H groups in total. The smallest absolute Gasteiger partial charge is 0.410 e. The minimum Gasteiger partial charge on any atom is -0.462 e. The average molecular weight is 641 g/mol. The van der Waals surface area contributed by atoms with Gasteiger partial charge < -0.3 is 19.4 Å². The molecule has 4 heterocycles. The predicted molar refractivity (Wildman–Crippen MR) is 183 cm³/mol. The molecule has 0 spiro atoms. The van der Waals surface area contributed by atoms with Crippen LogP contribution in [0.25, 0.3) is 33.6 Å². The molecule has 10 heteroatoms. The average Bonchev–Trinajstić information content (AvgIpc) is 3.83. The van der Waals surface area contributed by atoms with Crippen LogP contribution in [0.3, 0.4) is 0 Å². The molecule has 0 saturated carbocycles. The van der Waals surface area contributed by atoms with E-state index in [1.807, 2.05) is 53.9 Å². The molecule has 0 bridgehead atoms. The topological polar surface area (TPSA) is 116 Å². The summed E-state index contributed by atoms with van der Waals surface area (Å²) in [7, 11) is 2.17. The minimum atomic E-state index is -0.518. The lowest BCUT2D eigenvalue weighted by atomic mass is 10.0. The summed E-state index contributed by atoms with van der Waals surface area (Å²) in [6, 6.07) is 17.4. The Labute approximate surface area is 277 Å². The second kappa shape index (κ2) is 14.1. The van der Waals surface area contributed by atoms with Gasteiger partial charge in [0.2, 0.25) is 0 Å². The van der Waals surface area contributed by atoms with Gasteiger partial charge in [-0.15, -0.1) is 0 Å². The molecule has 2 aromatic heterocycles. The van der Waals surface area contributed by atoms with Crippen molar-refractivity contribution in [1.82, 2.24) is 29.7 Å². The van der Waals surface area contributed by atoms with Crippen molar-refractivity contribution in [3.05, 3.63) is 72.6 Å². The van der Waals surface area contributed by atoms with Crippen LogP contribution >= 0.6 is 0 Å². The van der Waals surface area contributed by atoms with Crippen molar-refractivity contribution in [3.8, 4) is 33.6 Å². The molecule has 0 radical (unpaired) electrons. The Morgan fingerprint density at radius 2 is 1.21 bits per heavy atom. The van der Waals surface area contributed by atoms with E-state index in [0.29, 0.717) is 19.1 Å². The monoisotopic (exact) mass is 640 g/mol. The molecule has 10 nitrogen and oxygen atoms in total. The highest BCUT2D eigenvalue weighted by atomic mass is 16.6. The number of nitrogens with one attached hydrogen (secondary N) is 2. The molecule has 1 amide bonds. The van der Waals surface area contributed by atoms with Gasteiger partial charge in [0.15, 0.2) is 0 Å². The first kappa shape index (κ1) is 33.9. The number of H-pyrrole nitrogens is 2. The van der Waals surface area contributed by atoms with E-state index in [4.69, 9.17) is 4.74 Å². The summed E-state index contributed by atoms with van der Waals surface area (Å²) in [5.74, 6) is 1.86. The second-order valence-electron chi connectivity index (χ2n) is 14.3. The highest BCUT2D eigenvalue weighted by Gasteiger charge is 2.35. The Hall–Kier alpha value is -4.44. The second-order valence-corrected chi connectivity index (χ2v) is 14.3. The first-order chi connectivity index (χ1) is 22.3. The van der Waals surface area contributed by atoms with E-state index in [1.54, 1.807) is 4.90 Å². The molecule has 47 heavy (non-hydrogen) atoms. The number of carbonyl (C=O) groups excluding carboxylic acids is 2. The summed E-state index contributed by atoms with van der Waals surface area (Å²) in [5, 5.41) is 0. The third kappa shape index (κ3) is 8.68. The Morgan fingerprint density at radius 3 is 1.64 bits per heavy atom. The number of ether oxygens (including phenoxy) is 2. The molecule has 6 rings (SSSR count). The number of aromatic nitrogens is 4. The number of rotatable bonds is 6. The third-order valence-electron chi connectivity index (χ3n) is 8.35. The van der Waals surface area contributed by atoms with E-state index < -0.39 is 5.60 Å². The minimum absolute atomic E-state index is 0.0913. The Balaban J connectivity index is 0.000000559. The number of aromatic amines is 2. The van der Waals surface area contributed by atoms with Gasteiger partial charge in [-0.1, -0.05) is 48.5 Å². The van der Waals surface area contributed by atoms with Crippen LogP contribution in [-0.4, -0.2) is 73.6 Å². The molecule has 2 aliphatic heterocycles. The molecule has 0 aliphatic carbocycles.